The highest BCUT2D eigenvalue weighted by Gasteiger charge is 2.25. The van der Waals surface area contributed by atoms with E-state index in [4.69, 9.17) is 9.84 Å². The van der Waals surface area contributed by atoms with Gasteiger partial charge in [0.25, 0.3) is 0 Å². The quantitative estimate of drug-likeness (QED) is 0.889. The zero-order chi connectivity index (χ0) is 15.1. The number of fused-ring (bicyclic) bond motifs is 1. The van der Waals surface area contributed by atoms with Crippen LogP contribution >= 0.6 is 15.9 Å². The van der Waals surface area contributed by atoms with E-state index in [0.29, 0.717) is 24.7 Å². The molecule has 5 heteroatoms. The average molecular weight is 365 g/mol. The van der Waals surface area contributed by atoms with Gasteiger partial charge in [0.05, 0.1) is 22.1 Å². The summed E-state index contributed by atoms with van der Waals surface area (Å²) in [5.74, 6) is 1.39. The molecule has 0 atom stereocenters. The predicted octanol–water partition coefficient (Wildman–Crippen LogP) is 4.06. The third-order valence-electron chi connectivity index (χ3n) is 4.84. The molecule has 2 saturated carbocycles. The Morgan fingerprint density at radius 1 is 1.18 bits per heavy atom. The van der Waals surface area contributed by atoms with E-state index in [1.165, 1.54) is 0 Å². The lowest BCUT2D eigenvalue weighted by atomic mass is 9.87. The molecule has 0 aliphatic heterocycles. The Labute approximate surface area is 138 Å². The molecule has 0 saturated heterocycles. The first-order valence-corrected chi connectivity index (χ1v) is 8.98. The number of hydrogen-bond donors (Lipinski definition) is 1. The normalized spacial score (nSPS) is 25.5. The van der Waals surface area contributed by atoms with Crippen molar-refractivity contribution in [2.45, 2.75) is 50.7 Å². The summed E-state index contributed by atoms with van der Waals surface area (Å²) in [5, 5.41) is 15.2. The fraction of sp³-hybridized carbons (Fsp3) is 0.588. The molecule has 2 fully saturated rings. The zero-order valence-electron chi connectivity index (χ0n) is 12.5. The van der Waals surface area contributed by atoms with Crippen LogP contribution in [0.4, 0.5) is 0 Å². The van der Waals surface area contributed by atoms with Crippen LogP contribution in [0.2, 0.25) is 0 Å². The molecule has 0 radical (unpaired) electrons. The van der Waals surface area contributed by atoms with Gasteiger partial charge in [0.2, 0.25) is 0 Å². The van der Waals surface area contributed by atoms with E-state index in [-0.39, 0.29) is 0 Å². The number of ether oxygens (including phenoxy) is 1. The van der Waals surface area contributed by atoms with E-state index in [9.17, 15) is 5.11 Å². The molecule has 0 unspecified atom stereocenters. The van der Waals surface area contributed by atoms with E-state index < -0.39 is 0 Å². The molecule has 0 spiro atoms. The first-order valence-electron chi connectivity index (χ1n) is 8.19. The number of halogens is 1. The smallest absolute Gasteiger partial charge is 0.136 e. The molecule has 2 aliphatic rings. The molecule has 22 heavy (non-hydrogen) atoms. The molecule has 1 heterocycles. The van der Waals surface area contributed by atoms with E-state index in [1.54, 1.807) is 0 Å². The van der Waals surface area contributed by atoms with Gasteiger partial charge in [-0.05, 0) is 66.4 Å². The monoisotopic (exact) mass is 364 g/mol. The SMILES string of the molecule is OC[C@H]1CC[C@H](n2cc3cc(Br)c(OC4CC4)cc3n2)CC1. The Morgan fingerprint density at radius 3 is 2.64 bits per heavy atom. The summed E-state index contributed by atoms with van der Waals surface area (Å²) in [6, 6.07) is 4.62. The minimum atomic E-state index is 0.322. The van der Waals surface area contributed by atoms with Crippen molar-refractivity contribution in [1.29, 1.82) is 0 Å². The first kappa shape index (κ1) is 14.5. The van der Waals surface area contributed by atoms with E-state index in [0.717, 1.165) is 59.7 Å². The van der Waals surface area contributed by atoms with Crippen molar-refractivity contribution in [2.75, 3.05) is 6.61 Å². The Hall–Kier alpha value is -1.07. The summed E-state index contributed by atoms with van der Waals surface area (Å²) in [6.07, 6.45) is 9.25. The van der Waals surface area contributed by atoms with Crippen molar-refractivity contribution in [2.24, 2.45) is 5.92 Å². The summed E-state index contributed by atoms with van der Waals surface area (Å²) in [4.78, 5) is 0. The summed E-state index contributed by atoms with van der Waals surface area (Å²) in [6.45, 7) is 0.322. The molecule has 4 rings (SSSR count). The molecular formula is C17H21BrN2O2. The number of benzene rings is 1. The minimum Gasteiger partial charge on any atom is -0.489 e. The lowest BCUT2D eigenvalue weighted by Crippen LogP contribution is -2.20. The van der Waals surface area contributed by atoms with Crippen molar-refractivity contribution in [3.63, 3.8) is 0 Å². The van der Waals surface area contributed by atoms with Crippen molar-refractivity contribution in [3.05, 3.63) is 22.8 Å². The van der Waals surface area contributed by atoms with Crippen LogP contribution in [0.15, 0.2) is 22.8 Å². The molecule has 1 N–H and O–H groups in total. The molecule has 1 aromatic heterocycles. The number of aliphatic hydroxyl groups is 1. The Morgan fingerprint density at radius 2 is 1.95 bits per heavy atom. The van der Waals surface area contributed by atoms with Crippen molar-refractivity contribution in [3.8, 4) is 5.75 Å². The molecule has 2 aliphatic carbocycles. The van der Waals surface area contributed by atoms with Crippen molar-refractivity contribution < 1.29 is 9.84 Å². The molecule has 118 valence electrons. The highest BCUT2D eigenvalue weighted by molar-refractivity contribution is 9.10. The summed E-state index contributed by atoms with van der Waals surface area (Å²) in [7, 11) is 0. The van der Waals surface area contributed by atoms with Crippen LogP contribution in [0, 0.1) is 5.92 Å². The summed E-state index contributed by atoms with van der Waals surface area (Å²) >= 11 is 3.61. The highest BCUT2D eigenvalue weighted by Crippen LogP contribution is 2.36. The van der Waals surface area contributed by atoms with Gasteiger partial charge in [0.15, 0.2) is 0 Å². The Kier molecular flexibility index (Phi) is 3.86. The number of aliphatic hydroxyl groups excluding tert-OH is 1. The average Bonchev–Trinajstić information content (AvgIpc) is 3.26. The van der Waals surface area contributed by atoms with Crippen LogP contribution < -0.4 is 4.74 Å². The van der Waals surface area contributed by atoms with Gasteiger partial charge in [-0.2, -0.15) is 5.10 Å². The molecule has 1 aromatic carbocycles. The van der Waals surface area contributed by atoms with Gasteiger partial charge >= 0.3 is 0 Å². The second-order valence-corrected chi connectivity index (χ2v) is 7.48. The molecule has 0 bridgehead atoms. The minimum absolute atomic E-state index is 0.322. The van der Waals surface area contributed by atoms with Crippen LogP contribution in [0.5, 0.6) is 5.75 Å². The number of hydrogen-bond acceptors (Lipinski definition) is 3. The molecule has 2 aromatic rings. The third-order valence-corrected chi connectivity index (χ3v) is 5.46. The van der Waals surface area contributed by atoms with E-state index in [2.05, 4.69) is 32.9 Å². The summed E-state index contributed by atoms with van der Waals surface area (Å²) < 4.78 is 9.05. The van der Waals surface area contributed by atoms with Gasteiger partial charge in [-0.1, -0.05) is 0 Å². The van der Waals surface area contributed by atoms with Crippen molar-refractivity contribution in [1.82, 2.24) is 9.78 Å². The molecule has 4 nitrogen and oxygen atoms in total. The predicted molar refractivity (Wildman–Crippen MR) is 89.2 cm³/mol. The maximum atomic E-state index is 9.26. The van der Waals surface area contributed by atoms with Gasteiger partial charge < -0.3 is 9.84 Å². The maximum Gasteiger partial charge on any atom is 0.136 e. The lowest BCUT2D eigenvalue weighted by Gasteiger charge is -2.27. The third kappa shape index (κ3) is 2.88. The van der Waals surface area contributed by atoms with Crippen LogP contribution in [-0.4, -0.2) is 27.6 Å². The number of rotatable bonds is 4. The van der Waals surface area contributed by atoms with Crippen LogP contribution in [-0.2, 0) is 0 Å². The number of aromatic nitrogens is 2. The zero-order valence-corrected chi connectivity index (χ0v) is 14.1. The van der Waals surface area contributed by atoms with Gasteiger partial charge in [-0.15, -0.1) is 0 Å². The highest BCUT2D eigenvalue weighted by atomic mass is 79.9. The van der Waals surface area contributed by atoms with E-state index >= 15 is 0 Å². The second-order valence-electron chi connectivity index (χ2n) is 6.62. The fourth-order valence-corrected chi connectivity index (χ4v) is 3.73. The maximum absolute atomic E-state index is 9.26. The van der Waals surface area contributed by atoms with E-state index in [1.807, 2.05) is 6.07 Å². The summed E-state index contributed by atoms with van der Waals surface area (Å²) in [5.41, 5.74) is 1.00. The van der Waals surface area contributed by atoms with Gasteiger partial charge in [-0.3, -0.25) is 4.68 Å². The fourth-order valence-electron chi connectivity index (χ4n) is 3.28. The van der Waals surface area contributed by atoms with Gasteiger partial charge in [0, 0.05) is 24.3 Å². The van der Waals surface area contributed by atoms with Crippen LogP contribution in [0.1, 0.15) is 44.6 Å². The first-order chi connectivity index (χ1) is 10.7. The topological polar surface area (TPSA) is 47.3 Å². The standard InChI is InChI=1S/C17H21BrN2O2/c18-15-7-12-9-20(13-3-1-11(10-21)2-4-13)19-16(12)8-17(15)22-14-5-6-14/h7-9,11,13-14,21H,1-6,10H2/t11-,13-. The van der Waals surface area contributed by atoms with Gasteiger partial charge in [-0.25, -0.2) is 0 Å². The Bertz CT molecular complexity index is 673. The van der Waals surface area contributed by atoms with Crippen LogP contribution in [0.25, 0.3) is 10.9 Å². The van der Waals surface area contributed by atoms with Crippen LogP contribution in [0.3, 0.4) is 0 Å². The number of nitrogens with zero attached hydrogens (tertiary/aromatic N) is 2. The van der Waals surface area contributed by atoms with Gasteiger partial charge in [0.1, 0.15) is 5.75 Å². The molecular weight excluding hydrogens is 344 g/mol. The largest absolute Gasteiger partial charge is 0.489 e. The Balaban J connectivity index is 1.57. The second kappa shape index (κ2) is 5.85. The van der Waals surface area contributed by atoms with Crippen molar-refractivity contribution >= 4 is 26.8 Å². The lowest BCUT2D eigenvalue weighted by molar-refractivity contribution is 0.165. The molecule has 0 amide bonds.